The van der Waals surface area contributed by atoms with Gasteiger partial charge < -0.3 is 10.8 Å². The third-order valence-corrected chi connectivity index (χ3v) is 4.84. The van der Waals surface area contributed by atoms with Crippen molar-refractivity contribution in [3.63, 3.8) is 0 Å². The van der Waals surface area contributed by atoms with Gasteiger partial charge in [0.15, 0.2) is 0 Å². The van der Waals surface area contributed by atoms with Gasteiger partial charge in [0.25, 0.3) is 0 Å². The minimum atomic E-state index is 0.0774. The van der Waals surface area contributed by atoms with Crippen LogP contribution in [-0.4, -0.2) is 17.8 Å². The molecule has 2 nitrogen and oxygen atoms in total. The molecule has 0 spiro atoms. The molecule has 1 aliphatic carbocycles. The molecule has 0 amide bonds. The van der Waals surface area contributed by atoms with Gasteiger partial charge >= 0.3 is 0 Å². The van der Waals surface area contributed by atoms with Crippen LogP contribution in [0.15, 0.2) is 24.3 Å². The predicted molar refractivity (Wildman–Crippen MR) is 80.4 cm³/mol. The molecule has 0 saturated heterocycles. The van der Waals surface area contributed by atoms with Crippen molar-refractivity contribution < 1.29 is 5.11 Å². The Kier molecular flexibility index (Phi) is 4.88. The molecule has 0 bridgehead atoms. The first kappa shape index (κ1) is 14.8. The largest absolute Gasteiger partial charge is 0.396 e. The topological polar surface area (TPSA) is 46.2 Å². The fourth-order valence-electron chi connectivity index (χ4n) is 3.39. The van der Waals surface area contributed by atoms with Gasteiger partial charge in [-0.15, -0.1) is 0 Å². The minimum Gasteiger partial charge on any atom is -0.396 e. The minimum absolute atomic E-state index is 0.0774. The number of nitrogens with two attached hydrogens (primary N) is 1. The highest BCUT2D eigenvalue weighted by Gasteiger charge is 2.41. The number of hydrogen-bond donors (Lipinski definition) is 2. The van der Waals surface area contributed by atoms with Crippen molar-refractivity contribution in [3.05, 3.63) is 34.9 Å². The number of halogens is 1. The van der Waals surface area contributed by atoms with Gasteiger partial charge in [-0.1, -0.05) is 43.5 Å². The normalized spacial score (nSPS) is 21.3. The second-order valence-electron chi connectivity index (χ2n) is 6.00. The maximum atomic E-state index is 9.24. The van der Waals surface area contributed by atoms with Crippen LogP contribution in [0.1, 0.15) is 44.6 Å². The molecule has 2 unspecified atom stereocenters. The standard InChI is InChI=1S/C16H24ClNO/c1-12(11-19)10-15(18)16(8-2-3-9-16)13-4-6-14(17)7-5-13/h4-7,12,15,19H,2-3,8-11,18H2,1H3. The lowest BCUT2D eigenvalue weighted by atomic mass is 9.70. The number of aliphatic hydroxyl groups is 1. The van der Waals surface area contributed by atoms with E-state index in [1.54, 1.807) is 0 Å². The lowest BCUT2D eigenvalue weighted by Gasteiger charge is -2.37. The monoisotopic (exact) mass is 281 g/mol. The van der Waals surface area contributed by atoms with Crippen molar-refractivity contribution in [1.82, 2.24) is 0 Å². The SMILES string of the molecule is CC(CO)CC(N)C1(c2ccc(Cl)cc2)CCCC1. The van der Waals surface area contributed by atoms with Crippen molar-refractivity contribution in [1.29, 1.82) is 0 Å². The van der Waals surface area contributed by atoms with Crippen molar-refractivity contribution in [2.75, 3.05) is 6.61 Å². The average Bonchev–Trinajstić information content (AvgIpc) is 2.90. The van der Waals surface area contributed by atoms with Gasteiger partial charge in [0.2, 0.25) is 0 Å². The molecule has 1 aromatic carbocycles. The van der Waals surface area contributed by atoms with Crippen LogP contribution in [0.25, 0.3) is 0 Å². The molecule has 3 N–H and O–H groups in total. The molecule has 1 fully saturated rings. The summed E-state index contributed by atoms with van der Waals surface area (Å²) in [6.07, 6.45) is 5.65. The van der Waals surface area contributed by atoms with Crippen LogP contribution in [0.5, 0.6) is 0 Å². The highest BCUT2D eigenvalue weighted by atomic mass is 35.5. The smallest absolute Gasteiger partial charge is 0.0457 e. The zero-order valence-electron chi connectivity index (χ0n) is 11.6. The summed E-state index contributed by atoms with van der Waals surface area (Å²) >= 11 is 5.99. The molecule has 1 aliphatic rings. The molecular weight excluding hydrogens is 258 g/mol. The van der Waals surface area contributed by atoms with Crippen molar-refractivity contribution >= 4 is 11.6 Å². The summed E-state index contributed by atoms with van der Waals surface area (Å²) in [5.41, 5.74) is 7.91. The lowest BCUT2D eigenvalue weighted by molar-refractivity contribution is 0.203. The first-order chi connectivity index (χ1) is 9.08. The maximum Gasteiger partial charge on any atom is 0.0457 e. The fourth-order valence-corrected chi connectivity index (χ4v) is 3.52. The van der Waals surface area contributed by atoms with Gasteiger partial charge in [-0.2, -0.15) is 0 Å². The molecule has 0 aliphatic heterocycles. The van der Waals surface area contributed by atoms with Gasteiger partial charge in [0.1, 0.15) is 0 Å². The van der Waals surface area contributed by atoms with E-state index in [0.717, 1.165) is 24.3 Å². The van der Waals surface area contributed by atoms with E-state index in [-0.39, 0.29) is 24.0 Å². The van der Waals surface area contributed by atoms with Gasteiger partial charge in [-0.05, 0) is 42.9 Å². The van der Waals surface area contributed by atoms with E-state index < -0.39 is 0 Å². The van der Waals surface area contributed by atoms with E-state index in [9.17, 15) is 5.11 Å². The summed E-state index contributed by atoms with van der Waals surface area (Å²) in [5.74, 6) is 0.264. The molecule has 3 heteroatoms. The van der Waals surface area contributed by atoms with Crippen molar-refractivity contribution in [3.8, 4) is 0 Å². The van der Waals surface area contributed by atoms with E-state index in [2.05, 4.69) is 19.1 Å². The lowest BCUT2D eigenvalue weighted by Crippen LogP contribution is -2.44. The zero-order chi connectivity index (χ0) is 13.9. The van der Waals surface area contributed by atoms with Crippen LogP contribution in [0.4, 0.5) is 0 Å². The second kappa shape index (κ2) is 6.25. The number of aliphatic hydroxyl groups excluding tert-OH is 1. The molecule has 2 atom stereocenters. The Labute approximate surface area is 121 Å². The summed E-state index contributed by atoms with van der Waals surface area (Å²) < 4.78 is 0. The first-order valence-electron chi connectivity index (χ1n) is 7.21. The van der Waals surface area contributed by atoms with Crippen molar-refractivity contribution in [2.45, 2.75) is 50.5 Å². The quantitative estimate of drug-likeness (QED) is 0.868. The highest BCUT2D eigenvalue weighted by molar-refractivity contribution is 6.30. The van der Waals surface area contributed by atoms with Gasteiger partial charge in [0, 0.05) is 23.1 Å². The Bertz CT molecular complexity index is 398. The summed E-state index contributed by atoms with van der Waals surface area (Å²) in [6.45, 7) is 2.27. The van der Waals surface area contributed by atoms with E-state index >= 15 is 0 Å². The Morgan fingerprint density at radius 3 is 2.37 bits per heavy atom. The van der Waals surface area contributed by atoms with E-state index in [1.165, 1.54) is 18.4 Å². The maximum absolute atomic E-state index is 9.24. The summed E-state index contributed by atoms with van der Waals surface area (Å²) in [5, 5.41) is 10.0. The Hall–Kier alpha value is -0.570. The van der Waals surface area contributed by atoms with Crippen LogP contribution in [0.2, 0.25) is 5.02 Å². The molecule has 1 aromatic rings. The molecule has 2 rings (SSSR count). The summed E-state index contributed by atoms with van der Waals surface area (Å²) in [4.78, 5) is 0. The second-order valence-corrected chi connectivity index (χ2v) is 6.44. The van der Waals surface area contributed by atoms with Gasteiger partial charge in [-0.25, -0.2) is 0 Å². The fraction of sp³-hybridized carbons (Fsp3) is 0.625. The molecular formula is C16H24ClNO. The highest BCUT2D eigenvalue weighted by Crippen LogP contribution is 2.44. The van der Waals surface area contributed by atoms with Crippen LogP contribution in [-0.2, 0) is 5.41 Å². The zero-order valence-corrected chi connectivity index (χ0v) is 12.4. The van der Waals surface area contributed by atoms with Crippen molar-refractivity contribution in [2.24, 2.45) is 11.7 Å². The summed E-state index contributed by atoms with van der Waals surface area (Å²) in [6, 6.07) is 8.27. The molecule has 0 heterocycles. The van der Waals surface area contributed by atoms with Crippen LogP contribution in [0.3, 0.4) is 0 Å². The van der Waals surface area contributed by atoms with Crippen LogP contribution >= 0.6 is 11.6 Å². The van der Waals surface area contributed by atoms with E-state index in [0.29, 0.717) is 0 Å². The van der Waals surface area contributed by atoms with Crippen LogP contribution in [0, 0.1) is 5.92 Å². The predicted octanol–water partition coefficient (Wildman–Crippen LogP) is 3.50. The first-order valence-corrected chi connectivity index (χ1v) is 7.59. The average molecular weight is 282 g/mol. The number of hydrogen-bond acceptors (Lipinski definition) is 2. The molecule has 19 heavy (non-hydrogen) atoms. The third kappa shape index (κ3) is 3.13. The third-order valence-electron chi connectivity index (χ3n) is 4.59. The van der Waals surface area contributed by atoms with E-state index in [4.69, 9.17) is 17.3 Å². The van der Waals surface area contributed by atoms with Gasteiger partial charge in [0.05, 0.1) is 0 Å². The number of benzene rings is 1. The van der Waals surface area contributed by atoms with Crippen LogP contribution < -0.4 is 5.73 Å². The molecule has 0 radical (unpaired) electrons. The molecule has 106 valence electrons. The Morgan fingerprint density at radius 1 is 1.26 bits per heavy atom. The Balaban J connectivity index is 2.24. The molecule has 1 saturated carbocycles. The summed E-state index contributed by atoms with van der Waals surface area (Å²) in [7, 11) is 0. The number of rotatable bonds is 5. The molecule has 0 aromatic heterocycles. The van der Waals surface area contributed by atoms with Gasteiger partial charge in [-0.3, -0.25) is 0 Å². The van der Waals surface area contributed by atoms with E-state index in [1.807, 2.05) is 12.1 Å². The Morgan fingerprint density at radius 2 is 1.84 bits per heavy atom.